The molecule has 4 N–H and O–H groups in total. The first-order valence-corrected chi connectivity index (χ1v) is 14.9. The summed E-state index contributed by atoms with van der Waals surface area (Å²) in [6, 6.07) is 22.1. The molecule has 4 aromatic rings. The topological polar surface area (TPSA) is 125 Å². The smallest absolute Gasteiger partial charge is 0.267 e. The van der Waals surface area contributed by atoms with E-state index in [1.165, 1.54) is 17.4 Å². The number of benzene rings is 3. The number of carbonyl (C=O) groups excluding carboxylic acids is 2. The summed E-state index contributed by atoms with van der Waals surface area (Å²) in [6.45, 7) is 6.15. The average Bonchev–Trinajstić information content (AvgIpc) is 3.33. The fourth-order valence-corrected chi connectivity index (χ4v) is 6.22. The maximum Gasteiger partial charge on any atom is 0.267 e. The number of rotatable bonds is 9. The fraction of sp³-hybridized carbons (Fsp3) is 0.200. The van der Waals surface area contributed by atoms with Crippen LogP contribution >= 0.6 is 11.3 Å². The molecule has 1 unspecified atom stereocenters. The van der Waals surface area contributed by atoms with Gasteiger partial charge in [0.15, 0.2) is 0 Å². The number of thiophene rings is 1. The number of sulfonamides is 1. The minimum atomic E-state index is -3.99. The molecule has 0 saturated carbocycles. The Labute approximate surface area is 237 Å². The van der Waals surface area contributed by atoms with Gasteiger partial charge >= 0.3 is 0 Å². The van der Waals surface area contributed by atoms with Crippen molar-refractivity contribution in [1.82, 2.24) is 10.2 Å². The number of carbonyl (C=O) groups is 2. The summed E-state index contributed by atoms with van der Waals surface area (Å²) in [6.07, 6.45) is 2.95. The second kappa shape index (κ2) is 12.1. The van der Waals surface area contributed by atoms with Gasteiger partial charge in [-0.15, -0.1) is 11.3 Å². The average molecular weight is 578 g/mol. The molecule has 2 amide bonds. The van der Waals surface area contributed by atoms with Gasteiger partial charge in [-0.2, -0.15) is 4.72 Å². The van der Waals surface area contributed by atoms with E-state index in [0.717, 1.165) is 26.1 Å². The van der Waals surface area contributed by atoms with Crippen LogP contribution in [-0.4, -0.2) is 31.5 Å². The lowest BCUT2D eigenvalue weighted by Crippen LogP contribution is -2.45. The number of hydroxylamine groups is 1. The van der Waals surface area contributed by atoms with Crippen molar-refractivity contribution in [3.05, 3.63) is 101 Å². The molecule has 208 valence electrons. The number of anilines is 1. The lowest BCUT2D eigenvalue weighted by atomic mass is 9.87. The van der Waals surface area contributed by atoms with Crippen molar-refractivity contribution in [2.45, 2.75) is 43.5 Å². The highest BCUT2D eigenvalue weighted by Gasteiger charge is 2.27. The molecule has 0 bridgehead atoms. The van der Waals surface area contributed by atoms with Crippen LogP contribution in [0.1, 0.15) is 36.8 Å². The first-order valence-electron chi connectivity index (χ1n) is 12.6. The van der Waals surface area contributed by atoms with E-state index in [-0.39, 0.29) is 16.7 Å². The van der Waals surface area contributed by atoms with Crippen LogP contribution in [0.25, 0.3) is 16.2 Å². The first-order chi connectivity index (χ1) is 18.9. The zero-order valence-corrected chi connectivity index (χ0v) is 24.0. The second-order valence-electron chi connectivity index (χ2n) is 10.3. The lowest BCUT2D eigenvalue weighted by molar-refractivity contribution is -0.124. The highest BCUT2D eigenvalue weighted by molar-refractivity contribution is 7.89. The molecule has 1 atom stereocenters. The van der Waals surface area contributed by atoms with Crippen molar-refractivity contribution in [3.63, 3.8) is 0 Å². The van der Waals surface area contributed by atoms with Crippen molar-refractivity contribution in [2.24, 2.45) is 0 Å². The van der Waals surface area contributed by atoms with E-state index >= 15 is 0 Å². The van der Waals surface area contributed by atoms with Gasteiger partial charge in [-0.25, -0.2) is 13.9 Å². The summed E-state index contributed by atoms with van der Waals surface area (Å²) >= 11 is 1.44. The Kier molecular flexibility index (Phi) is 8.85. The molecule has 40 heavy (non-hydrogen) atoms. The maximum absolute atomic E-state index is 13.4. The number of hydrogen-bond donors (Lipinski definition) is 4. The first kappa shape index (κ1) is 29.2. The van der Waals surface area contributed by atoms with Gasteiger partial charge in [0.05, 0.1) is 4.90 Å². The third kappa shape index (κ3) is 7.42. The Morgan fingerprint density at radius 2 is 1.68 bits per heavy atom. The highest BCUT2D eigenvalue weighted by atomic mass is 32.2. The molecule has 1 heterocycles. The van der Waals surface area contributed by atoms with E-state index in [2.05, 4.69) is 30.8 Å². The van der Waals surface area contributed by atoms with Crippen LogP contribution in [0.4, 0.5) is 5.69 Å². The zero-order valence-electron chi connectivity index (χ0n) is 22.3. The van der Waals surface area contributed by atoms with Gasteiger partial charge in [0.2, 0.25) is 15.9 Å². The summed E-state index contributed by atoms with van der Waals surface area (Å²) in [5.41, 5.74) is 3.74. The Hall–Kier alpha value is -3.83. The van der Waals surface area contributed by atoms with Crippen molar-refractivity contribution >= 4 is 55.0 Å². The van der Waals surface area contributed by atoms with Crippen LogP contribution in [0.15, 0.2) is 89.8 Å². The van der Waals surface area contributed by atoms with Crippen LogP contribution in [0, 0.1) is 0 Å². The van der Waals surface area contributed by atoms with Gasteiger partial charge in [0, 0.05) is 21.3 Å². The molecule has 0 fully saturated rings. The van der Waals surface area contributed by atoms with Crippen molar-refractivity contribution in [2.75, 3.05) is 5.32 Å². The quantitative estimate of drug-likeness (QED) is 0.123. The molecule has 8 nitrogen and oxygen atoms in total. The molecule has 4 rings (SSSR count). The molecule has 0 aliphatic heterocycles. The predicted octanol–water partition coefficient (Wildman–Crippen LogP) is 5.25. The van der Waals surface area contributed by atoms with E-state index in [1.54, 1.807) is 48.0 Å². The van der Waals surface area contributed by atoms with E-state index in [1.807, 2.05) is 42.5 Å². The molecule has 0 radical (unpaired) electrons. The van der Waals surface area contributed by atoms with Gasteiger partial charge in [-0.1, -0.05) is 63.2 Å². The van der Waals surface area contributed by atoms with E-state index < -0.39 is 27.9 Å². The van der Waals surface area contributed by atoms with E-state index in [4.69, 9.17) is 5.21 Å². The summed E-state index contributed by atoms with van der Waals surface area (Å²) in [7, 11) is -3.99. The van der Waals surface area contributed by atoms with E-state index in [9.17, 15) is 18.0 Å². The van der Waals surface area contributed by atoms with Crippen molar-refractivity contribution in [1.29, 1.82) is 0 Å². The molecule has 10 heteroatoms. The monoisotopic (exact) mass is 577 g/mol. The third-order valence-corrected chi connectivity index (χ3v) is 8.81. The minimum Gasteiger partial charge on any atom is -0.325 e. The Balaban J connectivity index is 1.57. The van der Waals surface area contributed by atoms with Crippen LogP contribution in [0.2, 0.25) is 0 Å². The van der Waals surface area contributed by atoms with Crippen molar-refractivity contribution < 1.29 is 23.2 Å². The molecule has 1 aromatic heterocycles. The highest BCUT2D eigenvalue weighted by Crippen LogP contribution is 2.29. The molecule has 0 aliphatic carbocycles. The number of fused-ring (bicyclic) bond motifs is 1. The molecular formula is C30H31N3O5S2. The Bertz CT molecular complexity index is 1640. The van der Waals surface area contributed by atoms with Gasteiger partial charge < -0.3 is 5.32 Å². The minimum absolute atomic E-state index is 0.0847. The Morgan fingerprint density at radius 1 is 0.975 bits per heavy atom. The fourth-order valence-electron chi connectivity index (χ4n) is 4.08. The molecular weight excluding hydrogens is 546 g/mol. The van der Waals surface area contributed by atoms with Crippen molar-refractivity contribution in [3.8, 4) is 0 Å². The second-order valence-corrected chi connectivity index (χ2v) is 13.2. The predicted molar refractivity (Wildman–Crippen MR) is 159 cm³/mol. The van der Waals surface area contributed by atoms with Gasteiger partial charge in [0.1, 0.15) is 6.04 Å². The molecule has 0 spiro atoms. The van der Waals surface area contributed by atoms with Crippen LogP contribution < -0.4 is 15.5 Å². The van der Waals surface area contributed by atoms with Crippen LogP contribution in [-0.2, 0) is 31.4 Å². The summed E-state index contributed by atoms with van der Waals surface area (Å²) in [4.78, 5) is 25.6. The lowest BCUT2D eigenvalue weighted by Gasteiger charge is -2.21. The van der Waals surface area contributed by atoms with Crippen LogP contribution in [0.5, 0.6) is 0 Å². The molecule has 3 aromatic carbocycles. The largest absolute Gasteiger partial charge is 0.325 e. The molecule has 0 saturated heterocycles. The van der Waals surface area contributed by atoms with Crippen LogP contribution in [0.3, 0.4) is 0 Å². The maximum atomic E-state index is 13.4. The zero-order chi connectivity index (χ0) is 28.9. The van der Waals surface area contributed by atoms with Gasteiger partial charge in [-0.3, -0.25) is 14.8 Å². The summed E-state index contributed by atoms with van der Waals surface area (Å²) in [5.74, 6) is -1.13. The molecule has 0 aliphatic rings. The van der Waals surface area contributed by atoms with E-state index in [0.29, 0.717) is 5.69 Å². The third-order valence-electron chi connectivity index (χ3n) is 6.24. The summed E-state index contributed by atoms with van der Waals surface area (Å²) < 4.78 is 30.2. The Morgan fingerprint density at radius 3 is 2.33 bits per heavy atom. The number of amides is 2. The van der Waals surface area contributed by atoms with Gasteiger partial charge in [0.25, 0.3) is 5.91 Å². The van der Waals surface area contributed by atoms with Gasteiger partial charge in [-0.05, 0) is 70.8 Å². The standard InChI is InChI=1S/C30H31N3O5S2/c1-30(2,3)22-9-13-25(14-10-22)40(37,38)33-26(17-20-7-5-4-6-8-20)29(35)31-23-11-15-27-21(18-23)19-24(39-27)12-16-28(34)32-36/h4-16,18-19,26,33,36H,17H2,1-3H3,(H,31,35)(H,32,34)/b16-12+. The number of nitrogens with one attached hydrogen (secondary N) is 3. The summed E-state index contributed by atoms with van der Waals surface area (Å²) in [5, 5.41) is 12.3. The number of hydrogen-bond acceptors (Lipinski definition) is 6. The normalized spacial score (nSPS) is 12.9. The SMILES string of the molecule is CC(C)(C)c1ccc(S(=O)(=O)NC(Cc2ccccc2)C(=O)Nc2ccc3sc(/C=C/C(=O)NO)cc3c2)cc1.